The van der Waals surface area contributed by atoms with E-state index >= 15 is 0 Å². The lowest BCUT2D eigenvalue weighted by atomic mass is 9.77. The number of ether oxygens (including phenoxy) is 1. The molecule has 1 heterocycles. The quantitative estimate of drug-likeness (QED) is 0.739. The lowest BCUT2D eigenvalue weighted by Crippen LogP contribution is -2.28. The Bertz CT molecular complexity index is 426. The molecular formula is C13H17BrOS. The Labute approximate surface area is 109 Å². The maximum atomic E-state index is 5.85. The number of fused-ring (bicyclic) bond motifs is 1. The van der Waals surface area contributed by atoms with Crippen molar-refractivity contribution in [3.8, 4) is 5.75 Å². The zero-order valence-electron chi connectivity index (χ0n) is 10.2. The molecule has 16 heavy (non-hydrogen) atoms. The lowest BCUT2D eigenvalue weighted by Gasteiger charge is -2.35. The highest BCUT2D eigenvalue weighted by Crippen LogP contribution is 2.46. The number of rotatable bonds is 1. The van der Waals surface area contributed by atoms with E-state index in [0.29, 0.717) is 0 Å². The summed E-state index contributed by atoms with van der Waals surface area (Å²) in [5, 5.41) is 0. The van der Waals surface area contributed by atoms with Crippen LogP contribution >= 0.6 is 25.0 Å². The molecular weight excluding hydrogens is 284 g/mol. The summed E-state index contributed by atoms with van der Waals surface area (Å²) in [6.07, 6.45) is 1.09. The topological polar surface area (TPSA) is 9.23 Å². The molecule has 0 N–H and O–H groups in total. The highest BCUT2D eigenvalue weighted by atomic mass is 79.9. The summed E-state index contributed by atoms with van der Waals surface area (Å²) in [5.74, 6) is 1.11. The summed E-state index contributed by atoms with van der Waals surface area (Å²) in [6.45, 7) is 9.78. The smallest absolute Gasteiger partial charge is 0.126 e. The summed E-state index contributed by atoms with van der Waals surface area (Å²) in [4.78, 5) is 1.30. The van der Waals surface area contributed by atoms with E-state index in [1.165, 1.54) is 21.6 Å². The molecule has 1 aliphatic heterocycles. The molecule has 0 unspecified atom stereocenters. The van der Waals surface area contributed by atoms with Crippen molar-refractivity contribution in [3.63, 3.8) is 0 Å². The van der Waals surface area contributed by atoms with Gasteiger partial charge in [0.1, 0.15) is 5.75 Å². The van der Waals surface area contributed by atoms with Gasteiger partial charge in [-0.15, -0.1) is 0 Å². The minimum Gasteiger partial charge on any atom is -0.493 e. The SMILES string of the molecule is Cc1cc(SBr)c(C)c2c1OCCC2(C)C. The van der Waals surface area contributed by atoms with Gasteiger partial charge >= 0.3 is 0 Å². The minimum absolute atomic E-state index is 0.223. The molecule has 0 saturated heterocycles. The Morgan fingerprint density at radius 1 is 1.38 bits per heavy atom. The van der Waals surface area contributed by atoms with Gasteiger partial charge in [0.05, 0.1) is 6.61 Å². The predicted octanol–water partition coefficient (Wildman–Crippen LogP) is 4.77. The van der Waals surface area contributed by atoms with Gasteiger partial charge < -0.3 is 4.74 Å². The predicted molar refractivity (Wildman–Crippen MR) is 73.8 cm³/mol. The van der Waals surface area contributed by atoms with Crippen molar-refractivity contribution in [2.45, 2.75) is 44.4 Å². The monoisotopic (exact) mass is 300 g/mol. The molecule has 1 nitrogen and oxygen atoms in total. The summed E-state index contributed by atoms with van der Waals surface area (Å²) in [5.41, 5.74) is 4.21. The van der Waals surface area contributed by atoms with Crippen molar-refractivity contribution >= 4 is 25.0 Å². The molecule has 0 aromatic heterocycles. The van der Waals surface area contributed by atoms with Crippen LogP contribution in [0.25, 0.3) is 0 Å². The van der Waals surface area contributed by atoms with Crippen LogP contribution < -0.4 is 4.74 Å². The summed E-state index contributed by atoms with van der Waals surface area (Å²) < 4.78 is 5.85. The van der Waals surface area contributed by atoms with Gasteiger partial charge in [-0.2, -0.15) is 0 Å². The number of halogens is 1. The first-order valence-corrected chi connectivity index (χ1v) is 8.19. The van der Waals surface area contributed by atoms with Gasteiger partial charge in [-0.1, -0.05) is 13.8 Å². The second-order valence-corrected chi connectivity index (χ2v) is 6.65. The third kappa shape index (κ3) is 1.88. The van der Waals surface area contributed by atoms with E-state index in [-0.39, 0.29) is 5.41 Å². The number of aryl methyl sites for hydroxylation is 1. The van der Waals surface area contributed by atoms with Crippen LogP contribution in [0.15, 0.2) is 11.0 Å². The van der Waals surface area contributed by atoms with E-state index in [0.717, 1.165) is 18.8 Å². The molecule has 0 aliphatic carbocycles. The number of benzene rings is 1. The maximum Gasteiger partial charge on any atom is 0.126 e. The van der Waals surface area contributed by atoms with Crippen molar-refractivity contribution in [1.29, 1.82) is 0 Å². The minimum atomic E-state index is 0.223. The molecule has 0 fully saturated rings. The fourth-order valence-corrected chi connectivity index (χ4v) is 3.92. The molecule has 0 amide bonds. The van der Waals surface area contributed by atoms with Crippen LogP contribution in [0.5, 0.6) is 5.75 Å². The first kappa shape index (κ1) is 12.3. The molecule has 0 saturated carbocycles. The molecule has 2 rings (SSSR count). The fourth-order valence-electron chi connectivity index (χ4n) is 2.48. The first-order chi connectivity index (χ1) is 7.47. The van der Waals surface area contributed by atoms with Crippen LogP contribution in [0.2, 0.25) is 0 Å². The molecule has 1 aromatic rings. The number of hydrogen-bond acceptors (Lipinski definition) is 2. The Kier molecular flexibility index (Phi) is 3.28. The van der Waals surface area contributed by atoms with Gasteiger partial charge in [-0.3, -0.25) is 0 Å². The molecule has 0 radical (unpaired) electrons. The van der Waals surface area contributed by atoms with Gasteiger partial charge in [0.15, 0.2) is 0 Å². The fraction of sp³-hybridized carbons (Fsp3) is 0.538. The van der Waals surface area contributed by atoms with Crippen LogP contribution in [-0.2, 0) is 5.41 Å². The van der Waals surface area contributed by atoms with Crippen LogP contribution in [0, 0.1) is 13.8 Å². The second kappa shape index (κ2) is 4.26. The highest BCUT2D eigenvalue weighted by molar-refractivity contribution is 9.50. The van der Waals surface area contributed by atoms with E-state index in [2.05, 4.69) is 48.6 Å². The van der Waals surface area contributed by atoms with Gasteiger partial charge in [-0.05, 0) is 67.9 Å². The van der Waals surface area contributed by atoms with Crippen molar-refractivity contribution in [1.82, 2.24) is 0 Å². The van der Waals surface area contributed by atoms with Crippen LogP contribution in [-0.4, -0.2) is 6.61 Å². The Morgan fingerprint density at radius 2 is 2.06 bits per heavy atom. The van der Waals surface area contributed by atoms with Crippen LogP contribution in [0.3, 0.4) is 0 Å². The van der Waals surface area contributed by atoms with Crippen LogP contribution in [0.4, 0.5) is 0 Å². The Balaban J connectivity index is 2.71. The average Bonchev–Trinajstić information content (AvgIpc) is 2.21. The molecule has 0 spiro atoms. The third-order valence-corrected chi connectivity index (χ3v) is 5.05. The third-order valence-electron chi connectivity index (χ3n) is 3.41. The van der Waals surface area contributed by atoms with Crippen molar-refractivity contribution in [2.24, 2.45) is 0 Å². The van der Waals surface area contributed by atoms with Crippen LogP contribution in [0.1, 0.15) is 37.0 Å². The second-order valence-electron chi connectivity index (χ2n) is 5.08. The van der Waals surface area contributed by atoms with Crippen molar-refractivity contribution in [3.05, 3.63) is 22.8 Å². The molecule has 0 atom stereocenters. The average molecular weight is 301 g/mol. The molecule has 0 bridgehead atoms. The summed E-state index contributed by atoms with van der Waals surface area (Å²) in [6, 6.07) is 2.20. The maximum absolute atomic E-state index is 5.85. The summed E-state index contributed by atoms with van der Waals surface area (Å²) >= 11 is 3.48. The van der Waals surface area contributed by atoms with E-state index < -0.39 is 0 Å². The van der Waals surface area contributed by atoms with Crippen molar-refractivity contribution < 1.29 is 4.74 Å². The molecule has 88 valence electrons. The first-order valence-electron chi connectivity index (χ1n) is 5.53. The molecule has 1 aromatic carbocycles. The lowest BCUT2D eigenvalue weighted by molar-refractivity contribution is 0.231. The van der Waals surface area contributed by atoms with Gasteiger partial charge in [0.2, 0.25) is 0 Å². The largest absolute Gasteiger partial charge is 0.493 e. The zero-order chi connectivity index (χ0) is 11.9. The van der Waals surface area contributed by atoms with Gasteiger partial charge in [0, 0.05) is 10.5 Å². The standard InChI is InChI=1S/C13H17BrOS/c1-8-7-10(16-14)9(2)11-12(8)15-6-5-13(11,3)4/h7H,5-6H2,1-4H3. The molecule has 3 heteroatoms. The Hall–Kier alpha value is -0.150. The summed E-state index contributed by atoms with van der Waals surface area (Å²) in [7, 11) is 1.64. The number of hydrogen-bond donors (Lipinski definition) is 0. The van der Waals surface area contributed by atoms with E-state index in [1.54, 1.807) is 10.2 Å². The highest BCUT2D eigenvalue weighted by Gasteiger charge is 2.32. The van der Waals surface area contributed by atoms with E-state index in [1.807, 2.05) is 0 Å². The van der Waals surface area contributed by atoms with E-state index in [9.17, 15) is 0 Å². The molecule has 1 aliphatic rings. The zero-order valence-corrected chi connectivity index (χ0v) is 12.6. The van der Waals surface area contributed by atoms with E-state index in [4.69, 9.17) is 4.74 Å². The normalized spacial score (nSPS) is 17.8. The van der Waals surface area contributed by atoms with Crippen molar-refractivity contribution in [2.75, 3.05) is 6.61 Å². The Morgan fingerprint density at radius 3 is 2.69 bits per heavy atom. The van der Waals surface area contributed by atoms with Gasteiger partial charge in [0.25, 0.3) is 0 Å². The van der Waals surface area contributed by atoms with Gasteiger partial charge in [-0.25, -0.2) is 0 Å².